The predicted octanol–water partition coefficient (Wildman–Crippen LogP) is 3.63. The number of hydrogen-bond acceptors (Lipinski definition) is 4. The van der Waals surface area contributed by atoms with Gasteiger partial charge in [-0.2, -0.15) is 13.2 Å². The molecular formula is C19H19F3N2O2. The topological polar surface area (TPSA) is 44.7 Å². The van der Waals surface area contributed by atoms with Crippen molar-refractivity contribution in [3.8, 4) is 11.1 Å². The third-order valence-electron chi connectivity index (χ3n) is 4.98. The lowest BCUT2D eigenvalue weighted by Gasteiger charge is -2.39. The number of nitrogens with zero attached hydrogens (tertiary/aromatic N) is 1. The van der Waals surface area contributed by atoms with Crippen molar-refractivity contribution in [1.29, 1.82) is 0 Å². The van der Waals surface area contributed by atoms with Crippen LogP contribution in [0.3, 0.4) is 0 Å². The van der Waals surface area contributed by atoms with Gasteiger partial charge in [0.2, 0.25) is 0 Å². The molecule has 4 rings (SSSR count). The molecule has 2 aliphatic rings. The van der Waals surface area contributed by atoms with E-state index in [4.69, 9.17) is 4.74 Å². The maximum absolute atomic E-state index is 13.2. The van der Waals surface area contributed by atoms with Gasteiger partial charge >= 0.3 is 6.18 Å². The van der Waals surface area contributed by atoms with Crippen LogP contribution < -0.4 is 10.2 Å². The number of anilines is 2. The van der Waals surface area contributed by atoms with E-state index < -0.39 is 17.3 Å². The molecule has 4 nitrogen and oxygen atoms in total. The van der Waals surface area contributed by atoms with Gasteiger partial charge in [-0.15, -0.1) is 0 Å². The van der Waals surface area contributed by atoms with Crippen molar-refractivity contribution in [3.63, 3.8) is 0 Å². The molecule has 2 aromatic rings. The van der Waals surface area contributed by atoms with Gasteiger partial charge in [0.15, 0.2) is 0 Å². The highest BCUT2D eigenvalue weighted by molar-refractivity contribution is 5.82. The SMILES string of the molecule is Cc1c(-c2ccc3c(c2)N(CC2(O)COC2)CN3)cccc1C(F)(F)F. The van der Waals surface area contributed by atoms with Crippen molar-refractivity contribution in [3.05, 3.63) is 47.5 Å². The number of nitrogens with one attached hydrogen (secondary N) is 1. The van der Waals surface area contributed by atoms with E-state index in [0.717, 1.165) is 23.0 Å². The van der Waals surface area contributed by atoms with Gasteiger partial charge in [0, 0.05) is 0 Å². The van der Waals surface area contributed by atoms with Gasteiger partial charge in [-0.05, 0) is 41.8 Å². The second-order valence-electron chi connectivity index (χ2n) is 6.96. The van der Waals surface area contributed by atoms with Crippen LogP contribution in [0.1, 0.15) is 11.1 Å². The van der Waals surface area contributed by atoms with Crippen LogP contribution in [-0.2, 0) is 10.9 Å². The van der Waals surface area contributed by atoms with Crippen LogP contribution in [0.4, 0.5) is 24.5 Å². The van der Waals surface area contributed by atoms with Crippen molar-refractivity contribution in [2.45, 2.75) is 18.7 Å². The summed E-state index contributed by atoms with van der Waals surface area (Å²) in [5.41, 5.74) is 1.78. The van der Waals surface area contributed by atoms with Crippen LogP contribution in [0, 0.1) is 6.92 Å². The van der Waals surface area contributed by atoms with Gasteiger partial charge in [0.1, 0.15) is 5.60 Å². The van der Waals surface area contributed by atoms with Crippen molar-refractivity contribution in [2.24, 2.45) is 0 Å². The van der Waals surface area contributed by atoms with Gasteiger partial charge < -0.3 is 20.1 Å². The molecule has 26 heavy (non-hydrogen) atoms. The highest BCUT2D eigenvalue weighted by atomic mass is 19.4. The van der Waals surface area contributed by atoms with Crippen LogP contribution in [0.15, 0.2) is 36.4 Å². The summed E-state index contributed by atoms with van der Waals surface area (Å²) in [7, 11) is 0. The summed E-state index contributed by atoms with van der Waals surface area (Å²) in [6.07, 6.45) is -4.38. The van der Waals surface area contributed by atoms with Crippen molar-refractivity contribution in [2.75, 3.05) is 36.6 Å². The molecule has 0 amide bonds. The molecule has 0 radical (unpaired) electrons. The lowest BCUT2D eigenvalue weighted by molar-refractivity contribution is -0.171. The molecule has 138 valence electrons. The summed E-state index contributed by atoms with van der Waals surface area (Å²) in [5.74, 6) is 0. The van der Waals surface area contributed by atoms with E-state index in [0.29, 0.717) is 32.0 Å². The van der Waals surface area contributed by atoms with Crippen molar-refractivity contribution < 1.29 is 23.0 Å². The fourth-order valence-corrected chi connectivity index (χ4v) is 3.56. The normalized spacial score (nSPS) is 18.3. The van der Waals surface area contributed by atoms with Gasteiger partial charge in [0.05, 0.1) is 43.4 Å². The largest absolute Gasteiger partial charge is 0.416 e. The summed E-state index contributed by atoms with van der Waals surface area (Å²) in [6, 6.07) is 9.80. The standard InChI is InChI=1S/C19H19F3N2O2/c1-12-14(3-2-4-15(12)19(20,21)22)13-5-6-16-17(7-13)24(11-23-16)8-18(25)9-26-10-18/h2-7,23,25H,8-11H2,1H3. The molecular weight excluding hydrogens is 345 g/mol. The molecule has 2 heterocycles. The average molecular weight is 364 g/mol. The van der Waals surface area contributed by atoms with E-state index in [2.05, 4.69) is 5.32 Å². The Bertz CT molecular complexity index is 847. The number of hydrogen-bond donors (Lipinski definition) is 2. The fraction of sp³-hybridized carbons (Fsp3) is 0.368. The van der Waals surface area contributed by atoms with Crippen LogP contribution in [-0.4, -0.2) is 37.1 Å². The zero-order valence-corrected chi connectivity index (χ0v) is 14.2. The first kappa shape index (κ1) is 17.2. The zero-order valence-electron chi connectivity index (χ0n) is 14.2. The summed E-state index contributed by atoms with van der Waals surface area (Å²) in [4.78, 5) is 1.99. The summed E-state index contributed by atoms with van der Waals surface area (Å²) < 4.78 is 44.7. The summed E-state index contributed by atoms with van der Waals surface area (Å²) in [6.45, 7) is 3.05. The molecule has 0 saturated carbocycles. The minimum atomic E-state index is -4.38. The van der Waals surface area contributed by atoms with Crippen LogP contribution in [0.25, 0.3) is 11.1 Å². The van der Waals surface area contributed by atoms with Gasteiger partial charge in [0.25, 0.3) is 0 Å². The molecule has 0 bridgehead atoms. The average Bonchev–Trinajstić information content (AvgIpc) is 2.94. The maximum Gasteiger partial charge on any atom is 0.416 e. The Morgan fingerprint density at radius 2 is 2.00 bits per heavy atom. The minimum absolute atomic E-state index is 0.212. The zero-order chi connectivity index (χ0) is 18.5. The molecule has 7 heteroatoms. The number of benzene rings is 2. The van der Waals surface area contributed by atoms with Crippen molar-refractivity contribution >= 4 is 11.4 Å². The Morgan fingerprint density at radius 3 is 2.65 bits per heavy atom. The highest BCUT2D eigenvalue weighted by Gasteiger charge is 2.39. The Kier molecular flexibility index (Phi) is 3.89. The van der Waals surface area contributed by atoms with Crippen LogP contribution in [0.5, 0.6) is 0 Å². The Balaban J connectivity index is 1.70. The first-order valence-corrected chi connectivity index (χ1v) is 8.37. The molecule has 0 unspecified atom stereocenters. The lowest BCUT2D eigenvalue weighted by atomic mass is 9.95. The molecule has 1 fully saturated rings. The Morgan fingerprint density at radius 1 is 1.23 bits per heavy atom. The smallest absolute Gasteiger partial charge is 0.383 e. The summed E-state index contributed by atoms with van der Waals surface area (Å²) in [5, 5.41) is 13.6. The van der Waals surface area contributed by atoms with E-state index in [1.807, 2.05) is 23.1 Å². The second kappa shape index (κ2) is 5.89. The third kappa shape index (κ3) is 2.91. The highest BCUT2D eigenvalue weighted by Crippen LogP contribution is 2.40. The number of β-amino-alcohol motifs (C(OH)–C–C–N with tert-alkyl or cyclic N) is 1. The van der Waals surface area contributed by atoms with E-state index in [1.54, 1.807) is 6.07 Å². The molecule has 0 aromatic heterocycles. The maximum atomic E-state index is 13.2. The number of fused-ring (bicyclic) bond motifs is 1. The van der Waals surface area contributed by atoms with Crippen LogP contribution in [0.2, 0.25) is 0 Å². The monoisotopic (exact) mass is 364 g/mol. The molecule has 1 saturated heterocycles. The Hall–Kier alpha value is -2.25. The fourth-order valence-electron chi connectivity index (χ4n) is 3.56. The molecule has 2 aliphatic heterocycles. The van der Waals surface area contributed by atoms with Crippen LogP contribution >= 0.6 is 0 Å². The van der Waals surface area contributed by atoms with E-state index in [1.165, 1.54) is 13.0 Å². The first-order chi connectivity index (χ1) is 12.3. The molecule has 2 N–H and O–H groups in total. The third-order valence-corrected chi connectivity index (χ3v) is 4.98. The number of rotatable bonds is 3. The van der Waals surface area contributed by atoms with Gasteiger partial charge in [-0.3, -0.25) is 0 Å². The Labute approximate surface area is 149 Å². The predicted molar refractivity (Wildman–Crippen MR) is 93.2 cm³/mol. The first-order valence-electron chi connectivity index (χ1n) is 8.37. The minimum Gasteiger partial charge on any atom is -0.383 e. The van der Waals surface area contributed by atoms with E-state index in [-0.39, 0.29) is 5.56 Å². The van der Waals surface area contributed by atoms with E-state index >= 15 is 0 Å². The molecule has 0 atom stereocenters. The number of ether oxygens (including phenoxy) is 1. The van der Waals surface area contributed by atoms with Gasteiger partial charge in [-0.25, -0.2) is 0 Å². The number of halogens is 3. The lowest BCUT2D eigenvalue weighted by Crippen LogP contribution is -2.57. The second-order valence-corrected chi connectivity index (χ2v) is 6.96. The quantitative estimate of drug-likeness (QED) is 0.873. The molecule has 2 aromatic carbocycles. The summed E-state index contributed by atoms with van der Waals surface area (Å²) >= 11 is 0. The van der Waals surface area contributed by atoms with Crippen molar-refractivity contribution in [1.82, 2.24) is 0 Å². The number of aliphatic hydroxyl groups is 1. The molecule has 0 spiro atoms. The van der Waals surface area contributed by atoms with Gasteiger partial charge in [-0.1, -0.05) is 18.2 Å². The molecule has 0 aliphatic carbocycles. The van der Waals surface area contributed by atoms with E-state index in [9.17, 15) is 18.3 Å². The number of alkyl halides is 3.